The third kappa shape index (κ3) is 3.92. The van der Waals surface area contributed by atoms with Crippen LogP contribution in [0.15, 0.2) is 54.6 Å². The van der Waals surface area contributed by atoms with Gasteiger partial charge in [0.05, 0.1) is 6.04 Å². The molecule has 0 radical (unpaired) electrons. The molecule has 2 aromatic carbocycles. The van der Waals surface area contributed by atoms with E-state index in [1.165, 1.54) is 5.56 Å². The average molecular weight is 282 g/mol. The summed E-state index contributed by atoms with van der Waals surface area (Å²) in [5.41, 5.74) is 8.69. The number of nitrogens with two attached hydrogens (primary N) is 1. The quantitative estimate of drug-likeness (QED) is 0.827. The molecule has 0 spiro atoms. The van der Waals surface area contributed by atoms with Crippen LogP contribution in [0.4, 0.5) is 5.69 Å². The van der Waals surface area contributed by atoms with Crippen molar-refractivity contribution in [3.05, 3.63) is 65.7 Å². The van der Waals surface area contributed by atoms with E-state index in [0.717, 1.165) is 18.8 Å². The highest BCUT2D eigenvalue weighted by Crippen LogP contribution is 2.18. The van der Waals surface area contributed by atoms with Gasteiger partial charge >= 0.3 is 0 Å². The van der Waals surface area contributed by atoms with E-state index in [-0.39, 0.29) is 5.78 Å². The molecule has 0 saturated carbocycles. The number of hydrogen-bond acceptors (Lipinski definition) is 3. The third-order valence-electron chi connectivity index (χ3n) is 3.53. The van der Waals surface area contributed by atoms with Crippen molar-refractivity contribution < 1.29 is 4.79 Å². The maximum absolute atomic E-state index is 11.8. The molecule has 3 heteroatoms. The van der Waals surface area contributed by atoms with Gasteiger partial charge < -0.3 is 10.6 Å². The molecule has 2 N–H and O–H groups in total. The van der Waals surface area contributed by atoms with E-state index >= 15 is 0 Å². The molecule has 0 aromatic heterocycles. The van der Waals surface area contributed by atoms with E-state index in [2.05, 4.69) is 24.0 Å². The Morgan fingerprint density at radius 2 is 1.71 bits per heavy atom. The molecule has 0 fully saturated rings. The first-order chi connectivity index (χ1) is 10.1. The van der Waals surface area contributed by atoms with Crippen molar-refractivity contribution in [1.82, 2.24) is 0 Å². The first-order valence-electron chi connectivity index (χ1n) is 7.30. The Bertz CT molecular complexity index is 576. The van der Waals surface area contributed by atoms with Crippen molar-refractivity contribution in [2.24, 2.45) is 5.73 Å². The van der Waals surface area contributed by atoms with Gasteiger partial charge in [-0.05, 0) is 43.7 Å². The van der Waals surface area contributed by atoms with Gasteiger partial charge in [0, 0.05) is 24.3 Å². The summed E-state index contributed by atoms with van der Waals surface area (Å²) in [6.07, 6.45) is 0. The van der Waals surface area contributed by atoms with Crippen LogP contribution in [0.1, 0.15) is 29.8 Å². The summed E-state index contributed by atoms with van der Waals surface area (Å²) in [6, 6.07) is 17.6. The number of rotatable bonds is 6. The monoisotopic (exact) mass is 282 g/mol. The van der Waals surface area contributed by atoms with Crippen LogP contribution in [0.25, 0.3) is 0 Å². The van der Waals surface area contributed by atoms with Crippen LogP contribution in [0, 0.1) is 0 Å². The predicted molar refractivity (Wildman–Crippen MR) is 87.6 cm³/mol. The van der Waals surface area contributed by atoms with Gasteiger partial charge in [0.25, 0.3) is 0 Å². The molecule has 0 aliphatic rings. The lowest BCUT2D eigenvalue weighted by atomic mass is 10.1. The third-order valence-corrected chi connectivity index (χ3v) is 3.53. The van der Waals surface area contributed by atoms with Gasteiger partial charge in [-0.1, -0.05) is 30.3 Å². The number of Topliss-reactive ketones (excluding diaryl/α,β-unsaturated/α-hetero) is 1. The molecule has 2 aromatic rings. The summed E-state index contributed by atoms with van der Waals surface area (Å²) in [5, 5.41) is 0. The number of nitrogens with zero attached hydrogens (tertiary/aromatic N) is 1. The molecule has 0 saturated heterocycles. The molecule has 110 valence electrons. The molecule has 2 rings (SSSR count). The second kappa shape index (κ2) is 7.04. The molecule has 0 amide bonds. The zero-order valence-electron chi connectivity index (χ0n) is 12.6. The van der Waals surface area contributed by atoms with Gasteiger partial charge in [-0.15, -0.1) is 0 Å². The Hall–Kier alpha value is -2.13. The SMILES string of the molecule is CCN(Cc1ccccc1)c1ccc(C(=O)C(C)N)cc1. The van der Waals surface area contributed by atoms with Crippen LogP contribution in [-0.4, -0.2) is 18.4 Å². The van der Waals surface area contributed by atoms with E-state index in [4.69, 9.17) is 5.73 Å². The molecule has 0 aliphatic heterocycles. The van der Waals surface area contributed by atoms with Gasteiger partial charge in [0.2, 0.25) is 0 Å². The Balaban J connectivity index is 2.14. The van der Waals surface area contributed by atoms with Crippen LogP contribution >= 0.6 is 0 Å². The van der Waals surface area contributed by atoms with E-state index in [1.807, 2.05) is 42.5 Å². The van der Waals surface area contributed by atoms with Crippen LogP contribution in [0.3, 0.4) is 0 Å². The summed E-state index contributed by atoms with van der Waals surface area (Å²) >= 11 is 0. The van der Waals surface area contributed by atoms with Gasteiger partial charge in [0.15, 0.2) is 5.78 Å². The Kier molecular flexibility index (Phi) is 5.12. The summed E-state index contributed by atoms with van der Waals surface area (Å²) in [6.45, 7) is 5.61. The zero-order chi connectivity index (χ0) is 15.2. The second-order valence-corrected chi connectivity index (χ2v) is 5.20. The normalized spacial score (nSPS) is 12.0. The number of carbonyl (C=O) groups is 1. The Morgan fingerprint density at radius 1 is 1.10 bits per heavy atom. The van der Waals surface area contributed by atoms with E-state index in [1.54, 1.807) is 6.92 Å². The number of ketones is 1. The zero-order valence-corrected chi connectivity index (χ0v) is 12.6. The second-order valence-electron chi connectivity index (χ2n) is 5.20. The number of anilines is 1. The van der Waals surface area contributed by atoms with Crippen LogP contribution in [0.2, 0.25) is 0 Å². The summed E-state index contributed by atoms with van der Waals surface area (Å²) in [5.74, 6) is -0.0207. The first-order valence-corrected chi connectivity index (χ1v) is 7.30. The molecular weight excluding hydrogens is 260 g/mol. The van der Waals surface area contributed by atoms with Crippen molar-refractivity contribution in [3.8, 4) is 0 Å². The highest BCUT2D eigenvalue weighted by atomic mass is 16.1. The van der Waals surface area contributed by atoms with Crippen LogP contribution < -0.4 is 10.6 Å². The summed E-state index contributed by atoms with van der Waals surface area (Å²) in [4.78, 5) is 14.1. The van der Waals surface area contributed by atoms with Gasteiger partial charge in [0.1, 0.15) is 0 Å². The van der Waals surface area contributed by atoms with E-state index in [0.29, 0.717) is 5.56 Å². The molecule has 1 atom stereocenters. The summed E-state index contributed by atoms with van der Waals surface area (Å²) in [7, 11) is 0. The maximum Gasteiger partial charge on any atom is 0.179 e. The minimum absolute atomic E-state index is 0.0207. The predicted octanol–water partition coefficient (Wildman–Crippen LogP) is 3.24. The fourth-order valence-corrected chi connectivity index (χ4v) is 2.29. The van der Waals surface area contributed by atoms with Crippen molar-refractivity contribution in [3.63, 3.8) is 0 Å². The maximum atomic E-state index is 11.8. The minimum Gasteiger partial charge on any atom is -0.367 e. The van der Waals surface area contributed by atoms with Crippen molar-refractivity contribution in [2.45, 2.75) is 26.4 Å². The lowest BCUT2D eigenvalue weighted by Crippen LogP contribution is -2.26. The number of hydrogen-bond donors (Lipinski definition) is 1. The Morgan fingerprint density at radius 3 is 2.24 bits per heavy atom. The summed E-state index contributed by atoms with van der Waals surface area (Å²) < 4.78 is 0. The first kappa shape index (κ1) is 15.3. The topological polar surface area (TPSA) is 46.3 Å². The molecule has 0 aliphatic carbocycles. The van der Waals surface area contributed by atoms with Gasteiger partial charge in [-0.2, -0.15) is 0 Å². The lowest BCUT2D eigenvalue weighted by molar-refractivity contribution is 0.0968. The van der Waals surface area contributed by atoms with Gasteiger partial charge in [-0.25, -0.2) is 0 Å². The standard InChI is InChI=1S/C18H22N2O/c1-3-20(13-15-7-5-4-6-8-15)17-11-9-16(10-12-17)18(21)14(2)19/h4-12,14H,3,13,19H2,1-2H3. The largest absolute Gasteiger partial charge is 0.367 e. The van der Waals surface area contributed by atoms with E-state index < -0.39 is 6.04 Å². The smallest absolute Gasteiger partial charge is 0.179 e. The number of carbonyl (C=O) groups excluding carboxylic acids is 1. The van der Waals surface area contributed by atoms with Gasteiger partial charge in [-0.3, -0.25) is 4.79 Å². The minimum atomic E-state index is -0.456. The molecule has 0 heterocycles. The molecule has 21 heavy (non-hydrogen) atoms. The molecular formula is C18H22N2O. The number of benzene rings is 2. The van der Waals surface area contributed by atoms with Crippen molar-refractivity contribution >= 4 is 11.5 Å². The molecule has 1 unspecified atom stereocenters. The van der Waals surface area contributed by atoms with Crippen molar-refractivity contribution in [2.75, 3.05) is 11.4 Å². The van der Waals surface area contributed by atoms with Crippen molar-refractivity contribution in [1.29, 1.82) is 0 Å². The molecule has 3 nitrogen and oxygen atoms in total. The van der Waals surface area contributed by atoms with E-state index in [9.17, 15) is 4.79 Å². The Labute approximate surface area is 126 Å². The fraction of sp³-hybridized carbons (Fsp3) is 0.278. The van der Waals surface area contributed by atoms with Crippen LogP contribution in [-0.2, 0) is 6.54 Å². The average Bonchev–Trinajstić information content (AvgIpc) is 2.53. The lowest BCUT2D eigenvalue weighted by Gasteiger charge is -2.23. The van der Waals surface area contributed by atoms with Crippen LogP contribution in [0.5, 0.6) is 0 Å². The molecule has 0 bridgehead atoms. The highest BCUT2D eigenvalue weighted by Gasteiger charge is 2.11. The highest BCUT2D eigenvalue weighted by molar-refractivity contribution is 5.99. The fourth-order valence-electron chi connectivity index (χ4n) is 2.29.